The number of hydrogen-bond acceptors (Lipinski definition) is 4. The first-order valence-corrected chi connectivity index (χ1v) is 6.44. The largest absolute Gasteiger partial charge is 0.389 e. The average molecular weight is 281 g/mol. The van der Waals surface area contributed by atoms with Crippen molar-refractivity contribution in [2.75, 3.05) is 20.3 Å². The lowest BCUT2D eigenvalue weighted by molar-refractivity contribution is 0.0629. The minimum Gasteiger partial charge on any atom is -0.389 e. The number of carbonyl (C=O) groups excluding carboxylic acids is 1. The van der Waals surface area contributed by atoms with Crippen LogP contribution in [0.15, 0.2) is 18.3 Å². The average Bonchev–Trinajstić information content (AvgIpc) is 2.38. The lowest BCUT2D eigenvalue weighted by atomic mass is 10.2. The summed E-state index contributed by atoms with van der Waals surface area (Å²) in [5.41, 5.74) is 6.53. The first-order chi connectivity index (χ1) is 8.97. The number of carbonyl (C=O) groups is 1. The van der Waals surface area contributed by atoms with Crippen molar-refractivity contribution >= 4 is 23.1 Å². The summed E-state index contributed by atoms with van der Waals surface area (Å²) < 4.78 is 5.01. The first kappa shape index (κ1) is 15.5. The molecule has 19 heavy (non-hydrogen) atoms. The second-order valence-corrected chi connectivity index (χ2v) is 4.82. The van der Waals surface area contributed by atoms with Crippen molar-refractivity contribution in [3.05, 3.63) is 29.6 Å². The van der Waals surface area contributed by atoms with Crippen LogP contribution in [0, 0.1) is 0 Å². The van der Waals surface area contributed by atoms with Crippen LogP contribution in [0.25, 0.3) is 0 Å². The minimum absolute atomic E-state index is 0.0831. The summed E-state index contributed by atoms with van der Waals surface area (Å²) in [6.45, 7) is 4.94. The second kappa shape index (κ2) is 7.16. The molecule has 0 spiro atoms. The summed E-state index contributed by atoms with van der Waals surface area (Å²) in [6, 6.07) is 3.43. The predicted molar refractivity (Wildman–Crippen MR) is 78.2 cm³/mol. The zero-order valence-corrected chi connectivity index (χ0v) is 12.2. The highest BCUT2D eigenvalue weighted by Crippen LogP contribution is 2.07. The van der Waals surface area contributed by atoms with Crippen LogP contribution in [-0.4, -0.2) is 47.1 Å². The van der Waals surface area contributed by atoms with Gasteiger partial charge in [0.1, 0.15) is 10.7 Å². The van der Waals surface area contributed by atoms with Crippen LogP contribution < -0.4 is 5.73 Å². The van der Waals surface area contributed by atoms with Crippen LogP contribution >= 0.6 is 12.2 Å². The Morgan fingerprint density at radius 1 is 1.53 bits per heavy atom. The SMILES string of the molecule is COCCN(C(=O)c1ccc(C(N)=S)cn1)C(C)C. The van der Waals surface area contributed by atoms with Gasteiger partial charge in [-0.1, -0.05) is 12.2 Å². The molecule has 0 saturated heterocycles. The van der Waals surface area contributed by atoms with Crippen LogP contribution in [0.1, 0.15) is 29.9 Å². The van der Waals surface area contributed by atoms with E-state index in [9.17, 15) is 4.79 Å². The van der Waals surface area contributed by atoms with Gasteiger partial charge in [0.05, 0.1) is 6.61 Å². The number of aromatic nitrogens is 1. The molecule has 0 aromatic carbocycles. The maximum absolute atomic E-state index is 12.3. The Hall–Kier alpha value is -1.53. The van der Waals surface area contributed by atoms with E-state index in [-0.39, 0.29) is 16.9 Å². The van der Waals surface area contributed by atoms with Gasteiger partial charge in [-0.3, -0.25) is 9.78 Å². The van der Waals surface area contributed by atoms with Gasteiger partial charge < -0.3 is 15.4 Å². The molecule has 104 valence electrons. The molecule has 1 amide bonds. The zero-order chi connectivity index (χ0) is 14.4. The predicted octanol–water partition coefficient (Wildman–Crippen LogP) is 1.21. The molecule has 0 fully saturated rings. The Morgan fingerprint density at radius 2 is 2.21 bits per heavy atom. The Kier molecular flexibility index (Phi) is 5.85. The number of hydrogen-bond donors (Lipinski definition) is 1. The third-order valence-corrected chi connectivity index (χ3v) is 2.92. The number of nitrogens with two attached hydrogens (primary N) is 1. The maximum atomic E-state index is 12.3. The molecule has 0 aliphatic heterocycles. The van der Waals surface area contributed by atoms with Gasteiger partial charge in [-0.25, -0.2) is 0 Å². The number of rotatable bonds is 6. The van der Waals surface area contributed by atoms with Crippen molar-refractivity contribution < 1.29 is 9.53 Å². The molecular weight excluding hydrogens is 262 g/mol. The van der Waals surface area contributed by atoms with Crippen LogP contribution in [0.3, 0.4) is 0 Å². The zero-order valence-electron chi connectivity index (χ0n) is 11.4. The highest BCUT2D eigenvalue weighted by atomic mass is 32.1. The summed E-state index contributed by atoms with van der Waals surface area (Å²) in [6.07, 6.45) is 1.52. The molecule has 0 aliphatic carbocycles. The van der Waals surface area contributed by atoms with Crippen molar-refractivity contribution in [3.8, 4) is 0 Å². The normalized spacial score (nSPS) is 10.5. The topological polar surface area (TPSA) is 68.5 Å². The van der Waals surface area contributed by atoms with Crippen molar-refractivity contribution in [1.29, 1.82) is 0 Å². The number of amides is 1. The fraction of sp³-hybridized carbons (Fsp3) is 0.462. The molecule has 6 heteroatoms. The Labute approximate surface area is 118 Å². The number of thiocarbonyl (C=S) groups is 1. The summed E-state index contributed by atoms with van der Waals surface area (Å²) >= 11 is 4.85. The van der Waals surface area contributed by atoms with Gasteiger partial charge in [0.25, 0.3) is 5.91 Å². The molecule has 0 aliphatic rings. The van der Waals surface area contributed by atoms with E-state index < -0.39 is 0 Å². The summed E-state index contributed by atoms with van der Waals surface area (Å²) in [7, 11) is 1.61. The van der Waals surface area contributed by atoms with Crippen molar-refractivity contribution in [2.45, 2.75) is 19.9 Å². The van der Waals surface area contributed by atoms with Gasteiger partial charge in [0.15, 0.2) is 0 Å². The molecule has 2 N–H and O–H groups in total. The molecular formula is C13H19N3O2S. The van der Waals surface area contributed by atoms with Gasteiger partial charge in [-0.2, -0.15) is 0 Å². The smallest absolute Gasteiger partial charge is 0.272 e. The fourth-order valence-electron chi connectivity index (χ4n) is 1.60. The number of methoxy groups -OCH3 is 1. The van der Waals surface area contributed by atoms with E-state index >= 15 is 0 Å². The molecule has 1 aromatic heterocycles. The van der Waals surface area contributed by atoms with Crippen LogP contribution in [-0.2, 0) is 4.74 Å². The highest BCUT2D eigenvalue weighted by molar-refractivity contribution is 7.80. The lowest BCUT2D eigenvalue weighted by Crippen LogP contribution is -2.39. The van der Waals surface area contributed by atoms with Crippen molar-refractivity contribution in [1.82, 2.24) is 9.88 Å². The number of nitrogens with zero attached hydrogens (tertiary/aromatic N) is 2. The highest BCUT2D eigenvalue weighted by Gasteiger charge is 2.19. The van der Waals surface area contributed by atoms with Gasteiger partial charge in [-0.05, 0) is 26.0 Å². The van der Waals surface area contributed by atoms with E-state index in [2.05, 4.69) is 4.98 Å². The van der Waals surface area contributed by atoms with Gasteiger partial charge in [-0.15, -0.1) is 0 Å². The van der Waals surface area contributed by atoms with E-state index in [1.807, 2.05) is 13.8 Å². The lowest BCUT2D eigenvalue weighted by Gasteiger charge is -2.26. The Morgan fingerprint density at radius 3 is 2.63 bits per heavy atom. The fourth-order valence-corrected chi connectivity index (χ4v) is 1.72. The third-order valence-electron chi connectivity index (χ3n) is 2.69. The van der Waals surface area contributed by atoms with Crippen LogP contribution in [0.5, 0.6) is 0 Å². The van der Waals surface area contributed by atoms with E-state index in [0.29, 0.717) is 24.4 Å². The van der Waals surface area contributed by atoms with E-state index in [0.717, 1.165) is 0 Å². The monoisotopic (exact) mass is 281 g/mol. The number of pyridine rings is 1. The minimum atomic E-state index is -0.124. The third kappa shape index (κ3) is 4.25. The molecule has 1 heterocycles. The molecule has 0 radical (unpaired) electrons. The molecule has 0 saturated carbocycles. The maximum Gasteiger partial charge on any atom is 0.272 e. The van der Waals surface area contributed by atoms with Crippen molar-refractivity contribution in [3.63, 3.8) is 0 Å². The molecule has 1 rings (SSSR count). The Bertz CT molecular complexity index is 446. The Balaban J connectivity index is 2.87. The van der Waals surface area contributed by atoms with Gasteiger partial charge in [0, 0.05) is 31.5 Å². The molecule has 5 nitrogen and oxygen atoms in total. The molecule has 0 atom stereocenters. The number of ether oxygens (including phenoxy) is 1. The van der Waals surface area contributed by atoms with Crippen LogP contribution in [0.4, 0.5) is 0 Å². The first-order valence-electron chi connectivity index (χ1n) is 6.03. The summed E-state index contributed by atoms with van der Waals surface area (Å²) in [4.78, 5) is 18.4. The molecule has 0 bridgehead atoms. The quantitative estimate of drug-likeness (QED) is 0.794. The van der Waals surface area contributed by atoms with Gasteiger partial charge >= 0.3 is 0 Å². The van der Waals surface area contributed by atoms with E-state index in [1.54, 1.807) is 24.1 Å². The van der Waals surface area contributed by atoms with Crippen LogP contribution in [0.2, 0.25) is 0 Å². The standard InChI is InChI=1S/C13H19N3O2S/c1-9(2)16(6-7-18-3)13(17)11-5-4-10(8-15-11)12(14)19/h4-5,8-9H,6-7H2,1-3H3,(H2,14,19). The van der Waals surface area contributed by atoms with Gasteiger partial charge in [0.2, 0.25) is 0 Å². The molecule has 0 unspecified atom stereocenters. The summed E-state index contributed by atoms with van der Waals surface area (Å²) in [5.74, 6) is -0.124. The van der Waals surface area contributed by atoms with E-state index in [1.165, 1.54) is 6.20 Å². The second-order valence-electron chi connectivity index (χ2n) is 4.38. The molecule has 1 aromatic rings. The van der Waals surface area contributed by atoms with E-state index in [4.69, 9.17) is 22.7 Å². The van der Waals surface area contributed by atoms with Crippen molar-refractivity contribution in [2.24, 2.45) is 5.73 Å². The summed E-state index contributed by atoms with van der Waals surface area (Å²) in [5, 5.41) is 0.